The highest BCUT2D eigenvalue weighted by atomic mass is 16.5. The number of β-amino-alcohol motifs (C(OH)–C–C–N with tert-alkyl or cyclic N) is 1. The van der Waals surface area contributed by atoms with Gasteiger partial charge in [0.1, 0.15) is 18.5 Å². The highest BCUT2D eigenvalue weighted by Crippen LogP contribution is 2.48. The molecule has 1 aromatic rings. The molecule has 2 heterocycles. The fourth-order valence-corrected chi connectivity index (χ4v) is 4.59. The fraction of sp³-hybridized carbons (Fsp3) is 0.727. The van der Waals surface area contributed by atoms with Crippen LogP contribution in [0.4, 0.5) is 0 Å². The highest BCUT2D eigenvalue weighted by molar-refractivity contribution is 5.27. The van der Waals surface area contributed by atoms with Gasteiger partial charge in [-0.25, -0.2) is 0 Å². The Bertz CT molecular complexity index is 594. The molecule has 2 aliphatic heterocycles. The third-order valence-corrected chi connectivity index (χ3v) is 6.62. The summed E-state index contributed by atoms with van der Waals surface area (Å²) < 4.78 is 5.83. The average molecular weight is 374 g/mol. The first-order valence-corrected chi connectivity index (χ1v) is 10.7. The number of nitrogens with zero attached hydrogens (tertiary/aromatic N) is 3. The van der Waals surface area contributed by atoms with Crippen LogP contribution in [0.25, 0.3) is 0 Å². The van der Waals surface area contributed by atoms with Crippen molar-refractivity contribution in [3.8, 4) is 5.75 Å². The van der Waals surface area contributed by atoms with Crippen molar-refractivity contribution < 1.29 is 9.84 Å². The molecular weight excluding hydrogens is 338 g/mol. The quantitative estimate of drug-likeness (QED) is 0.793. The minimum absolute atomic E-state index is 0.362. The summed E-state index contributed by atoms with van der Waals surface area (Å²) in [4.78, 5) is 7.35. The summed E-state index contributed by atoms with van der Waals surface area (Å²) in [6, 6.07) is 8.49. The van der Waals surface area contributed by atoms with Gasteiger partial charge in [-0.15, -0.1) is 0 Å². The Kier molecular flexibility index (Phi) is 6.02. The van der Waals surface area contributed by atoms with Crippen molar-refractivity contribution in [1.82, 2.24) is 14.7 Å². The normalized spacial score (nSPS) is 24.8. The molecule has 0 radical (unpaired) electrons. The first-order valence-electron chi connectivity index (χ1n) is 10.7. The maximum atomic E-state index is 10.3. The van der Waals surface area contributed by atoms with Gasteiger partial charge in [0.25, 0.3) is 0 Å². The van der Waals surface area contributed by atoms with E-state index in [-0.39, 0.29) is 0 Å². The molecule has 1 aliphatic carbocycles. The van der Waals surface area contributed by atoms with Crippen LogP contribution in [0.3, 0.4) is 0 Å². The van der Waals surface area contributed by atoms with Crippen LogP contribution in [0.2, 0.25) is 0 Å². The minimum atomic E-state index is -0.434. The summed E-state index contributed by atoms with van der Waals surface area (Å²) in [5, 5.41) is 10.3. The first-order chi connectivity index (χ1) is 13.1. The predicted octanol–water partition coefficient (Wildman–Crippen LogP) is 2.19. The van der Waals surface area contributed by atoms with E-state index in [2.05, 4.69) is 46.0 Å². The first kappa shape index (κ1) is 19.2. The molecule has 0 bridgehead atoms. The molecule has 5 heteroatoms. The molecule has 2 saturated heterocycles. The highest BCUT2D eigenvalue weighted by Gasteiger charge is 2.48. The molecule has 3 fully saturated rings. The topological polar surface area (TPSA) is 39.2 Å². The number of aliphatic hydroxyl groups is 1. The summed E-state index contributed by atoms with van der Waals surface area (Å²) in [6.45, 7) is 7.58. The number of piperazine rings is 1. The number of piperidine rings is 1. The van der Waals surface area contributed by atoms with Crippen LogP contribution in [0.15, 0.2) is 24.3 Å². The second kappa shape index (κ2) is 8.48. The number of ether oxygens (including phenoxy) is 1. The maximum absolute atomic E-state index is 10.3. The Morgan fingerprint density at radius 3 is 2.44 bits per heavy atom. The van der Waals surface area contributed by atoms with Crippen molar-refractivity contribution in [3.63, 3.8) is 0 Å². The van der Waals surface area contributed by atoms with Gasteiger partial charge >= 0.3 is 0 Å². The number of likely N-dealkylation sites (tertiary alicyclic amines) is 1. The van der Waals surface area contributed by atoms with Gasteiger partial charge in [-0.3, -0.25) is 9.80 Å². The Morgan fingerprint density at radius 1 is 1.00 bits per heavy atom. The molecule has 5 nitrogen and oxygen atoms in total. The third-order valence-electron chi connectivity index (χ3n) is 6.62. The predicted molar refractivity (Wildman–Crippen MR) is 108 cm³/mol. The number of hydrogen-bond acceptors (Lipinski definition) is 5. The number of benzene rings is 1. The van der Waals surface area contributed by atoms with Crippen molar-refractivity contribution >= 4 is 0 Å². The van der Waals surface area contributed by atoms with Crippen molar-refractivity contribution in [2.75, 3.05) is 52.9 Å². The zero-order chi connectivity index (χ0) is 18.7. The molecule has 27 heavy (non-hydrogen) atoms. The molecule has 4 rings (SSSR count). The Morgan fingerprint density at radius 2 is 1.74 bits per heavy atom. The van der Waals surface area contributed by atoms with Gasteiger partial charge < -0.3 is 14.7 Å². The number of hydrogen-bond donors (Lipinski definition) is 1. The molecule has 0 unspecified atom stereocenters. The average Bonchev–Trinajstić information content (AvgIpc) is 3.45. The number of rotatable bonds is 7. The number of aliphatic hydroxyl groups excluding tert-OH is 1. The summed E-state index contributed by atoms with van der Waals surface area (Å²) in [7, 11) is 2.15. The smallest absolute Gasteiger partial charge is 0.119 e. The monoisotopic (exact) mass is 373 g/mol. The lowest BCUT2D eigenvalue weighted by molar-refractivity contribution is 0.0504. The molecule has 3 aliphatic rings. The molecule has 1 aromatic carbocycles. The van der Waals surface area contributed by atoms with Crippen molar-refractivity contribution in [2.45, 2.75) is 50.3 Å². The van der Waals surface area contributed by atoms with E-state index in [1.165, 1.54) is 44.2 Å². The molecule has 150 valence electrons. The van der Waals surface area contributed by atoms with Crippen LogP contribution in [-0.2, 0) is 6.54 Å². The van der Waals surface area contributed by atoms with Crippen LogP contribution < -0.4 is 4.74 Å². The van der Waals surface area contributed by atoms with E-state index in [9.17, 15) is 5.11 Å². The molecule has 1 N–H and O–H groups in total. The summed E-state index contributed by atoms with van der Waals surface area (Å²) in [5.41, 5.74) is 1.91. The summed E-state index contributed by atoms with van der Waals surface area (Å²) >= 11 is 0. The largest absolute Gasteiger partial charge is 0.491 e. The summed E-state index contributed by atoms with van der Waals surface area (Å²) in [6.07, 6.45) is 6.47. The Labute approximate surface area is 163 Å². The second-order valence-electron chi connectivity index (χ2n) is 8.82. The molecular formula is C22H35N3O2. The minimum Gasteiger partial charge on any atom is -0.491 e. The Hall–Kier alpha value is -1.14. The van der Waals surface area contributed by atoms with E-state index in [4.69, 9.17) is 4.74 Å². The SMILES string of the molecule is CN1CCN(C[C@@H](O)COc2ccc(CN3CCCCC34CC4)cc2)CC1. The lowest BCUT2D eigenvalue weighted by Gasteiger charge is -2.36. The zero-order valence-corrected chi connectivity index (χ0v) is 16.8. The molecule has 0 aromatic heterocycles. The van der Waals surface area contributed by atoms with E-state index < -0.39 is 6.10 Å². The van der Waals surface area contributed by atoms with Crippen molar-refractivity contribution in [1.29, 1.82) is 0 Å². The van der Waals surface area contributed by atoms with Crippen molar-refractivity contribution in [2.24, 2.45) is 0 Å². The standard InChI is InChI=1S/C22H35N3O2/c1-23-12-14-24(15-13-23)17-20(26)18-27-21-6-4-19(5-7-21)16-25-11-3-2-8-22(25)9-10-22/h4-7,20,26H,2-3,8-18H2,1H3/t20-/m1/s1. The van der Waals surface area contributed by atoms with Crippen LogP contribution in [-0.4, -0.2) is 84.4 Å². The van der Waals surface area contributed by atoms with E-state index >= 15 is 0 Å². The van der Waals surface area contributed by atoms with Gasteiger partial charge in [-0.2, -0.15) is 0 Å². The van der Waals surface area contributed by atoms with Crippen molar-refractivity contribution in [3.05, 3.63) is 29.8 Å². The van der Waals surface area contributed by atoms with E-state index in [1.807, 2.05) is 0 Å². The fourth-order valence-electron chi connectivity index (χ4n) is 4.59. The van der Waals surface area contributed by atoms with Gasteiger partial charge in [0.05, 0.1) is 0 Å². The van der Waals surface area contributed by atoms with Gasteiger partial charge in [-0.1, -0.05) is 18.6 Å². The molecule has 1 atom stereocenters. The van der Waals surface area contributed by atoms with E-state index in [0.717, 1.165) is 38.5 Å². The zero-order valence-electron chi connectivity index (χ0n) is 16.8. The van der Waals surface area contributed by atoms with Gasteiger partial charge in [0, 0.05) is 44.8 Å². The van der Waals surface area contributed by atoms with Crippen LogP contribution in [0.1, 0.15) is 37.7 Å². The van der Waals surface area contributed by atoms with Gasteiger partial charge in [-0.05, 0) is 57.0 Å². The van der Waals surface area contributed by atoms with Gasteiger partial charge in [0.15, 0.2) is 0 Å². The number of likely N-dealkylation sites (N-methyl/N-ethyl adjacent to an activating group) is 1. The second-order valence-corrected chi connectivity index (χ2v) is 8.82. The third kappa shape index (κ3) is 5.02. The van der Waals surface area contributed by atoms with Crippen LogP contribution in [0.5, 0.6) is 5.75 Å². The molecule has 0 amide bonds. The van der Waals surface area contributed by atoms with Gasteiger partial charge in [0.2, 0.25) is 0 Å². The Balaban J connectivity index is 1.21. The van der Waals surface area contributed by atoms with Crippen LogP contribution >= 0.6 is 0 Å². The maximum Gasteiger partial charge on any atom is 0.119 e. The summed E-state index contributed by atoms with van der Waals surface area (Å²) in [5.74, 6) is 0.857. The molecule has 1 saturated carbocycles. The lowest BCUT2D eigenvalue weighted by atomic mass is 9.99. The van der Waals surface area contributed by atoms with E-state index in [1.54, 1.807) is 0 Å². The lowest BCUT2D eigenvalue weighted by Crippen LogP contribution is -2.47. The van der Waals surface area contributed by atoms with E-state index in [0.29, 0.717) is 18.7 Å². The van der Waals surface area contributed by atoms with Crippen LogP contribution in [0, 0.1) is 0 Å². The molecule has 1 spiro atoms.